The molecule has 4 heteroatoms. The molecule has 1 atom stereocenters. The molecule has 0 aliphatic rings. The van der Waals surface area contributed by atoms with Gasteiger partial charge in [-0.2, -0.15) is 0 Å². The van der Waals surface area contributed by atoms with Crippen molar-refractivity contribution in [3.8, 4) is 0 Å². The van der Waals surface area contributed by atoms with Crippen molar-refractivity contribution in [3.05, 3.63) is 23.7 Å². The molecule has 0 amide bonds. The fraction of sp³-hybridized carbons (Fsp3) is 0.400. The van der Waals surface area contributed by atoms with Gasteiger partial charge in [-0.25, -0.2) is 9.97 Å². The minimum Gasteiger partial charge on any atom is -0.324 e. The van der Waals surface area contributed by atoms with Gasteiger partial charge in [0, 0.05) is 19.3 Å². The number of aryl methyl sites for hydroxylation is 2. The van der Waals surface area contributed by atoms with E-state index in [1.165, 1.54) is 0 Å². The molecule has 0 saturated heterocycles. The van der Waals surface area contributed by atoms with Crippen molar-refractivity contribution in [3.63, 3.8) is 0 Å². The van der Waals surface area contributed by atoms with Gasteiger partial charge in [-0.1, -0.05) is 0 Å². The Morgan fingerprint density at radius 2 is 2.21 bits per heavy atom. The van der Waals surface area contributed by atoms with E-state index in [1.807, 2.05) is 37.7 Å². The molecule has 2 aromatic heterocycles. The maximum atomic E-state index is 5.78. The van der Waals surface area contributed by atoms with Crippen LogP contribution < -0.4 is 5.73 Å². The molecule has 0 radical (unpaired) electrons. The van der Waals surface area contributed by atoms with E-state index in [4.69, 9.17) is 5.73 Å². The normalized spacial score (nSPS) is 13.4. The second kappa shape index (κ2) is 3.06. The van der Waals surface area contributed by atoms with Crippen LogP contribution in [0.15, 0.2) is 12.3 Å². The Balaban J connectivity index is 2.67. The molecule has 0 fully saturated rings. The number of hydrogen-bond donors (Lipinski definition) is 1. The minimum absolute atomic E-state index is 0.00853. The highest BCUT2D eigenvalue weighted by atomic mass is 15.1. The van der Waals surface area contributed by atoms with Gasteiger partial charge in [0.05, 0.1) is 0 Å². The van der Waals surface area contributed by atoms with Gasteiger partial charge in [0.25, 0.3) is 0 Å². The first-order valence-electron chi connectivity index (χ1n) is 4.64. The minimum atomic E-state index is 0.00853. The highest BCUT2D eigenvalue weighted by Crippen LogP contribution is 2.16. The fourth-order valence-electron chi connectivity index (χ4n) is 1.45. The quantitative estimate of drug-likeness (QED) is 0.737. The molecule has 2 rings (SSSR count). The number of rotatable bonds is 1. The van der Waals surface area contributed by atoms with Crippen LogP contribution in [0.2, 0.25) is 0 Å². The van der Waals surface area contributed by atoms with Crippen molar-refractivity contribution < 1.29 is 0 Å². The smallest absolute Gasteiger partial charge is 0.159 e. The van der Waals surface area contributed by atoms with E-state index in [9.17, 15) is 0 Å². The average Bonchev–Trinajstić information content (AvgIpc) is 2.42. The Morgan fingerprint density at radius 3 is 2.86 bits per heavy atom. The molecule has 2 aromatic rings. The average molecular weight is 190 g/mol. The second-order valence-corrected chi connectivity index (χ2v) is 3.62. The molecule has 0 aromatic carbocycles. The number of nitrogens with two attached hydrogens (primary N) is 1. The standard InChI is InChI=1S/C10H14N4/c1-6(11)8-4-9-10(12-5-8)14(3)7(2)13-9/h4-6H,11H2,1-3H3. The van der Waals surface area contributed by atoms with E-state index in [2.05, 4.69) is 9.97 Å². The largest absolute Gasteiger partial charge is 0.324 e. The lowest BCUT2D eigenvalue weighted by molar-refractivity contribution is 0.812. The number of imidazole rings is 1. The van der Waals surface area contributed by atoms with E-state index < -0.39 is 0 Å². The molecule has 4 nitrogen and oxygen atoms in total. The highest BCUT2D eigenvalue weighted by Gasteiger charge is 2.07. The van der Waals surface area contributed by atoms with Crippen molar-refractivity contribution in [2.45, 2.75) is 19.9 Å². The lowest BCUT2D eigenvalue weighted by Gasteiger charge is -2.03. The summed E-state index contributed by atoms with van der Waals surface area (Å²) >= 11 is 0. The van der Waals surface area contributed by atoms with Gasteiger partial charge in [-0.3, -0.25) is 0 Å². The van der Waals surface area contributed by atoms with Crippen LogP contribution in [0.3, 0.4) is 0 Å². The molecule has 2 N–H and O–H groups in total. The van der Waals surface area contributed by atoms with E-state index in [-0.39, 0.29) is 6.04 Å². The first-order valence-corrected chi connectivity index (χ1v) is 4.64. The van der Waals surface area contributed by atoms with Gasteiger partial charge < -0.3 is 10.3 Å². The predicted octanol–water partition coefficient (Wildman–Crippen LogP) is 1.30. The molecule has 14 heavy (non-hydrogen) atoms. The van der Waals surface area contributed by atoms with Crippen LogP contribution in [0.1, 0.15) is 24.4 Å². The number of nitrogens with zero attached hydrogens (tertiary/aromatic N) is 3. The van der Waals surface area contributed by atoms with Crippen molar-refractivity contribution in [2.75, 3.05) is 0 Å². The fourth-order valence-corrected chi connectivity index (χ4v) is 1.45. The molecule has 0 spiro atoms. The van der Waals surface area contributed by atoms with Gasteiger partial charge in [-0.05, 0) is 25.5 Å². The summed E-state index contributed by atoms with van der Waals surface area (Å²) < 4.78 is 1.97. The molecule has 2 heterocycles. The molecular weight excluding hydrogens is 176 g/mol. The third-order valence-electron chi connectivity index (χ3n) is 2.48. The molecule has 1 unspecified atom stereocenters. The zero-order valence-electron chi connectivity index (χ0n) is 8.65. The van der Waals surface area contributed by atoms with Crippen molar-refractivity contribution in [1.29, 1.82) is 0 Å². The van der Waals surface area contributed by atoms with E-state index in [1.54, 1.807) is 0 Å². The zero-order chi connectivity index (χ0) is 10.3. The number of hydrogen-bond acceptors (Lipinski definition) is 3. The summed E-state index contributed by atoms with van der Waals surface area (Å²) in [5, 5.41) is 0. The van der Waals surface area contributed by atoms with Gasteiger partial charge in [-0.15, -0.1) is 0 Å². The first-order chi connectivity index (χ1) is 6.59. The van der Waals surface area contributed by atoms with Crippen LogP contribution in [0.25, 0.3) is 11.2 Å². The van der Waals surface area contributed by atoms with Crippen molar-refractivity contribution in [1.82, 2.24) is 14.5 Å². The Morgan fingerprint density at radius 1 is 1.50 bits per heavy atom. The Bertz CT molecular complexity index is 470. The van der Waals surface area contributed by atoms with Gasteiger partial charge in [0.1, 0.15) is 11.3 Å². The molecule has 0 aliphatic heterocycles. The van der Waals surface area contributed by atoms with Gasteiger partial charge in [0.15, 0.2) is 5.65 Å². The van der Waals surface area contributed by atoms with E-state index in [0.29, 0.717) is 0 Å². The summed E-state index contributed by atoms with van der Waals surface area (Å²) in [5.74, 6) is 0.967. The van der Waals surface area contributed by atoms with Gasteiger partial charge in [0.2, 0.25) is 0 Å². The second-order valence-electron chi connectivity index (χ2n) is 3.62. The third-order valence-corrected chi connectivity index (χ3v) is 2.48. The SMILES string of the molecule is Cc1nc2cc(C(C)N)cnc2n1C. The maximum Gasteiger partial charge on any atom is 0.159 e. The van der Waals surface area contributed by atoms with E-state index >= 15 is 0 Å². The molecular formula is C10H14N4. The number of fused-ring (bicyclic) bond motifs is 1. The van der Waals surface area contributed by atoms with Crippen LogP contribution >= 0.6 is 0 Å². The topological polar surface area (TPSA) is 56.7 Å². The summed E-state index contributed by atoms with van der Waals surface area (Å²) in [6.07, 6.45) is 1.81. The van der Waals surface area contributed by atoms with Crippen LogP contribution in [-0.4, -0.2) is 14.5 Å². The van der Waals surface area contributed by atoms with Crippen molar-refractivity contribution in [2.24, 2.45) is 12.8 Å². The zero-order valence-corrected chi connectivity index (χ0v) is 8.65. The summed E-state index contributed by atoms with van der Waals surface area (Å²) in [6, 6.07) is 2.01. The van der Waals surface area contributed by atoms with Gasteiger partial charge >= 0.3 is 0 Å². The Hall–Kier alpha value is -1.42. The maximum absolute atomic E-state index is 5.78. The Labute approximate surface area is 82.8 Å². The summed E-state index contributed by atoms with van der Waals surface area (Å²) in [7, 11) is 1.96. The van der Waals surface area contributed by atoms with Crippen LogP contribution in [0.5, 0.6) is 0 Å². The summed E-state index contributed by atoms with van der Waals surface area (Å²) in [6.45, 7) is 3.91. The lowest BCUT2D eigenvalue weighted by Crippen LogP contribution is -2.05. The molecule has 74 valence electrons. The third kappa shape index (κ3) is 1.28. The van der Waals surface area contributed by atoms with Crippen LogP contribution in [0, 0.1) is 6.92 Å². The number of pyridine rings is 1. The highest BCUT2D eigenvalue weighted by molar-refractivity contribution is 5.72. The Kier molecular flexibility index (Phi) is 2.00. The van der Waals surface area contributed by atoms with E-state index in [0.717, 1.165) is 22.6 Å². The predicted molar refractivity (Wildman–Crippen MR) is 55.8 cm³/mol. The van der Waals surface area contributed by atoms with Crippen molar-refractivity contribution >= 4 is 11.2 Å². The summed E-state index contributed by atoms with van der Waals surface area (Å²) in [5.41, 5.74) is 8.62. The molecule has 0 aliphatic carbocycles. The number of aromatic nitrogens is 3. The molecule has 0 saturated carbocycles. The monoisotopic (exact) mass is 190 g/mol. The van der Waals surface area contributed by atoms with Crippen LogP contribution in [-0.2, 0) is 7.05 Å². The van der Waals surface area contributed by atoms with Crippen LogP contribution in [0.4, 0.5) is 0 Å². The summed E-state index contributed by atoms with van der Waals surface area (Å²) in [4.78, 5) is 8.74. The lowest BCUT2D eigenvalue weighted by atomic mass is 10.1. The molecule has 0 bridgehead atoms. The first kappa shape index (κ1) is 9.15.